The van der Waals surface area contributed by atoms with Gasteiger partial charge in [0.05, 0.1) is 0 Å². The van der Waals surface area contributed by atoms with E-state index in [1.807, 2.05) is 0 Å². The maximum Gasteiger partial charge on any atom is 0.315 e. The molecule has 0 bridgehead atoms. The van der Waals surface area contributed by atoms with Crippen molar-refractivity contribution < 1.29 is 25.9 Å². The van der Waals surface area contributed by atoms with Gasteiger partial charge in [-0.05, 0) is 0 Å². The largest absolute Gasteiger partial charge is 0.315 e. The maximum absolute atomic E-state index is 10.1. The summed E-state index contributed by atoms with van der Waals surface area (Å²) in [7, 11) is -9.94. The van der Waals surface area contributed by atoms with E-state index in [0.717, 1.165) is 0 Å². The molecule has 0 rings (SSSR count). The summed E-state index contributed by atoms with van der Waals surface area (Å²) in [5.41, 5.74) is 1.37. The lowest BCUT2D eigenvalue weighted by Crippen LogP contribution is -2.11. The fourth-order valence-electron chi connectivity index (χ4n) is 0.315. The van der Waals surface area contributed by atoms with Crippen molar-refractivity contribution in [3.05, 3.63) is 16.5 Å². The summed E-state index contributed by atoms with van der Waals surface area (Å²) < 4.78 is 54.9. The van der Waals surface area contributed by atoms with Crippen LogP contribution in [0.4, 0.5) is 0 Å². The number of hydrogen-bond acceptors (Lipinski definition) is 4. The van der Waals surface area contributed by atoms with E-state index in [1.54, 1.807) is 0 Å². The van der Waals surface area contributed by atoms with Crippen molar-refractivity contribution in [2.24, 2.45) is 0 Å². The molecule has 0 aromatic carbocycles. The van der Waals surface area contributed by atoms with Gasteiger partial charge < -0.3 is 0 Å². The fourth-order valence-corrected chi connectivity index (χ4v) is 1.74. The first-order valence-electron chi connectivity index (χ1n) is 2.04. The van der Waals surface area contributed by atoms with Crippen LogP contribution in [0.25, 0.3) is 0 Å². The predicted molar refractivity (Wildman–Crippen MR) is 35.8 cm³/mol. The van der Waals surface area contributed by atoms with Crippen molar-refractivity contribution in [2.75, 3.05) is 0 Å². The summed E-state index contributed by atoms with van der Waals surface area (Å²) in [5, 5.41) is 0. The Bertz CT molecular complexity index is 357. The van der Waals surface area contributed by atoms with E-state index < -0.39 is 24.5 Å². The molecule has 0 aliphatic rings. The predicted octanol–water partition coefficient (Wildman–Crippen LogP) is -0.612. The molecule has 0 heterocycles. The van der Waals surface area contributed by atoms with Crippen LogP contribution in [0, 0.1) is 0 Å². The second-order valence-electron chi connectivity index (χ2n) is 1.41. The highest BCUT2D eigenvalue weighted by atomic mass is 32.3. The third-order valence-electron chi connectivity index (χ3n) is 0.613. The van der Waals surface area contributed by atoms with Crippen LogP contribution in [0.2, 0.25) is 0 Å². The molecular formula is C3H4O6S2. The maximum atomic E-state index is 10.1. The zero-order valence-corrected chi connectivity index (χ0v) is 6.68. The summed E-state index contributed by atoms with van der Waals surface area (Å²) in [6.07, 6.45) is 0. The molecule has 0 amide bonds. The Morgan fingerprint density at radius 2 is 1.36 bits per heavy atom. The van der Waals surface area contributed by atoms with Crippen molar-refractivity contribution in [2.45, 2.75) is 0 Å². The Labute approximate surface area is 63.3 Å². The van der Waals surface area contributed by atoms with Gasteiger partial charge in [-0.2, -0.15) is 16.8 Å². The molecule has 8 heteroatoms. The Hall–Kier alpha value is -0.660. The Morgan fingerprint density at radius 1 is 1.09 bits per heavy atom. The molecule has 0 aliphatic carbocycles. The lowest BCUT2D eigenvalue weighted by atomic mass is 11.0. The SMILES string of the molecule is C=C=C(S(=O)(=O)O)S(=O)(=O)O. The van der Waals surface area contributed by atoms with Crippen LogP contribution in [0.15, 0.2) is 16.5 Å². The first-order chi connectivity index (χ1) is 4.69. The van der Waals surface area contributed by atoms with Crippen LogP contribution in [0.1, 0.15) is 0 Å². The summed E-state index contributed by atoms with van der Waals surface area (Å²) in [6.45, 7) is 2.65. The van der Waals surface area contributed by atoms with Crippen LogP contribution in [-0.4, -0.2) is 25.9 Å². The Kier molecular flexibility index (Phi) is 2.60. The van der Waals surface area contributed by atoms with E-state index >= 15 is 0 Å². The van der Waals surface area contributed by atoms with Crippen LogP contribution >= 0.6 is 0 Å². The van der Waals surface area contributed by atoms with Crippen LogP contribution in [-0.2, 0) is 20.2 Å². The highest BCUT2D eigenvalue weighted by molar-refractivity contribution is 8.09. The minimum Gasteiger partial charge on any atom is -0.281 e. The molecule has 0 unspecified atom stereocenters. The van der Waals surface area contributed by atoms with Crippen molar-refractivity contribution in [3.8, 4) is 0 Å². The highest BCUT2D eigenvalue weighted by Gasteiger charge is 2.26. The minimum atomic E-state index is -4.97. The molecule has 0 saturated carbocycles. The molecule has 0 aromatic rings. The topological polar surface area (TPSA) is 109 Å². The van der Waals surface area contributed by atoms with Crippen molar-refractivity contribution >= 4 is 20.2 Å². The number of hydrogen-bond donors (Lipinski definition) is 2. The van der Waals surface area contributed by atoms with Gasteiger partial charge in [0, 0.05) is 0 Å². The molecule has 0 saturated heterocycles. The smallest absolute Gasteiger partial charge is 0.281 e. The highest BCUT2D eigenvalue weighted by Crippen LogP contribution is 2.08. The van der Waals surface area contributed by atoms with Gasteiger partial charge in [-0.3, -0.25) is 9.11 Å². The van der Waals surface area contributed by atoms with E-state index in [2.05, 4.69) is 6.58 Å². The zero-order valence-electron chi connectivity index (χ0n) is 5.05. The van der Waals surface area contributed by atoms with Gasteiger partial charge in [0.15, 0.2) is 0 Å². The van der Waals surface area contributed by atoms with E-state index in [-0.39, 0.29) is 0 Å². The third-order valence-corrected chi connectivity index (χ3v) is 3.10. The van der Waals surface area contributed by atoms with E-state index in [9.17, 15) is 16.8 Å². The van der Waals surface area contributed by atoms with Crippen molar-refractivity contribution in [1.82, 2.24) is 0 Å². The second-order valence-corrected chi connectivity index (χ2v) is 4.39. The molecular weight excluding hydrogens is 196 g/mol. The molecule has 64 valence electrons. The van der Waals surface area contributed by atoms with Crippen molar-refractivity contribution in [3.63, 3.8) is 0 Å². The number of rotatable bonds is 2. The van der Waals surface area contributed by atoms with Crippen molar-refractivity contribution in [1.29, 1.82) is 0 Å². The second kappa shape index (κ2) is 2.76. The van der Waals surface area contributed by atoms with Crippen LogP contribution in [0.3, 0.4) is 0 Å². The fraction of sp³-hybridized carbons (Fsp3) is 0. The summed E-state index contributed by atoms with van der Waals surface area (Å²) in [4.78, 5) is 0. The lowest BCUT2D eigenvalue weighted by molar-refractivity contribution is 0.480. The van der Waals surface area contributed by atoms with E-state index in [4.69, 9.17) is 9.11 Å². The standard InChI is InChI=1S/C3H4O6S2/c1-2-3(10(4,5)6)11(7,8)9/h1H2,(H,4,5,6)(H,7,8,9). The summed E-state index contributed by atoms with van der Waals surface area (Å²) in [5.74, 6) is 0. The summed E-state index contributed by atoms with van der Waals surface area (Å²) in [6, 6.07) is 0. The quantitative estimate of drug-likeness (QED) is 0.454. The normalized spacial score (nSPS) is 12.2. The van der Waals surface area contributed by atoms with Gasteiger partial charge in [-0.25, -0.2) is 0 Å². The van der Waals surface area contributed by atoms with Gasteiger partial charge in [0.1, 0.15) is 0 Å². The molecule has 0 fully saturated rings. The average molecular weight is 200 g/mol. The van der Waals surface area contributed by atoms with Gasteiger partial charge in [0.25, 0.3) is 4.24 Å². The summed E-state index contributed by atoms with van der Waals surface area (Å²) >= 11 is 0. The first kappa shape index (κ1) is 10.3. The first-order valence-corrected chi connectivity index (χ1v) is 4.92. The van der Waals surface area contributed by atoms with Gasteiger partial charge >= 0.3 is 20.2 Å². The minimum absolute atomic E-state index is 1.37. The molecule has 0 radical (unpaired) electrons. The van der Waals surface area contributed by atoms with Gasteiger partial charge in [-0.15, -0.1) is 0 Å². The molecule has 0 aromatic heterocycles. The molecule has 0 aliphatic heterocycles. The third kappa shape index (κ3) is 2.83. The van der Waals surface area contributed by atoms with E-state index in [0.29, 0.717) is 0 Å². The van der Waals surface area contributed by atoms with Gasteiger partial charge in [-0.1, -0.05) is 12.3 Å². The molecule has 6 nitrogen and oxygen atoms in total. The van der Waals surface area contributed by atoms with Crippen LogP contribution in [0.5, 0.6) is 0 Å². The molecule has 0 atom stereocenters. The molecule has 11 heavy (non-hydrogen) atoms. The Balaban J connectivity index is 5.65. The molecule has 0 spiro atoms. The lowest BCUT2D eigenvalue weighted by Gasteiger charge is -1.93. The van der Waals surface area contributed by atoms with Gasteiger partial charge in [0.2, 0.25) is 0 Å². The van der Waals surface area contributed by atoms with E-state index in [1.165, 1.54) is 5.73 Å². The van der Waals surface area contributed by atoms with Crippen LogP contribution < -0.4 is 0 Å². The monoisotopic (exact) mass is 200 g/mol. The molecule has 2 N–H and O–H groups in total. The average Bonchev–Trinajstić information content (AvgIpc) is 1.56. The Morgan fingerprint density at radius 3 is 1.36 bits per heavy atom. The zero-order chi connectivity index (χ0) is 9.28.